The quantitative estimate of drug-likeness (QED) is 0.759. The molecular weight excluding hydrogens is 362 g/mol. The summed E-state index contributed by atoms with van der Waals surface area (Å²) in [5, 5.41) is 3.12. The smallest absolute Gasteiger partial charge is 0.409 e. The molecular formula is C18H25N7O3. The number of nitrogen functional groups attached to an aromatic ring is 1. The number of nitrogens with zero attached hydrogens (tertiary/aromatic N) is 5. The fourth-order valence-corrected chi connectivity index (χ4v) is 2.94. The number of hydrogen-bond donors (Lipinski definition) is 2. The Kier molecular flexibility index (Phi) is 6.43. The van der Waals surface area contributed by atoms with E-state index in [-0.39, 0.29) is 12.0 Å². The molecule has 0 atom stereocenters. The molecule has 0 radical (unpaired) electrons. The largest absolute Gasteiger partial charge is 0.495 e. The number of methoxy groups -OCH3 is 1. The summed E-state index contributed by atoms with van der Waals surface area (Å²) in [5.41, 5.74) is 6.60. The Bertz CT molecular complexity index is 810. The number of hydrogen-bond acceptors (Lipinski definition) is 9. The second-order valence-electron chi connectivity index (χ2n) is 6.22. The van der Waals surface area contributed by atoms with Crippen LogP contribution in [0.1, 0.15) is 12.7 Å². The molecule has 1 aromatic carbocycles. The molecule has 0 spiro atoms. The van der Waals surface area contributed by atoms with E-state index in [1.807, 2.05) is 24.3 Å². The Labute approximate surface area is 163 Å². The average molecular weight is 387 g/mol. The van der Waals surface area contributed by atoms with Crippen LogP contribution in [0.3, 0.4) is 0 Å². The minimum absolute atomic E-state index is 0.146. The summed E-state index contributed by atoms with van der Waals surface area (Å²) in [5.74, 6) is 1.75. The van der Waals surface area contributed by atoms with Gasteiger partial charge in [0.1, 0.15) is 11.6 Å². The van der Waals surface area contributed by atoms with Gasteiger partial charge >= 0.3 is 6.09 Å². The van der Waals surface area contributed by atoms with Crippen molar-refractivity contribution in [1.29, 1.82) is 0 Å². The summed E-state index contributed by atoms with van der Waals surface area (Å²) in [6.07, 6.45) is -0.269. The molecule has 10 heteroatoms. The molecule has 0 saturated carbocycles. The number of para-hydroxylation sites is 2. The third-order valence-corrected chi connectivity index (χ3v) is 4.32. The van der Waals surface area contributed by atoms with Crippen molar-refractivity contribution in [3.05, 3.63) is 30.1 Å². The van der Waals surface area contributed by atoms with Crippen LogP contribution in [0.5, 0.6) is 5.75 Å². The summed E-state index contributed by atoms with van der Waals surface area (Å²) in [6.45, 7) is 5.32. The molecule has 1 aliphatic rings. The Balaban J connectivity index is 1.63. The number of ether oxygens (including phenoxy) is 2. The van der Waals surface area contributed by atoms with Crippen LogP contribution in [0.15, 0.2) is 24.3 Å². The van der Waals surface area contributed by atoms with Gasteiger partial charge in [-0.25, -0.2) is 4.79 Å². The SMILES string of the molecule is CCOC(=O)N1CCN(Cc2nc(N)nc(Nc3ccccc3OC)n2)CC1. The van der Waals surface area contributed by atoms with E-state index in [0.29, 0.717) is 56.9 Å². The molecule has 0 aliphatic carbocycles. The van der Waals surface area contributed by atoms with Crippen molar-refractivity contribution in [3.8, 4) is 5.75 Å². The lowest BCUT2D eigenvalue weighted by Crippen LogP contribution is -2.48. The Hall–Kier alpha value is -3.14. The lowest BCUT2D eigenvalue weighted by molar-refractivity contribution is 0.0772. The highest BCUT2D eigenvalue weighted by Crippen LogP contribution is 2.25. The summed E-state index contributed by atoms with van der Waals surface area (Å²) >= 11 is 0. The third-order valence-electron chi connectivity index (χ3n) is 4.32. The van der Waals surface area contributed by atoms with Gasteiger partial charge in [0.15, 0.2) is 0 Å². The number of amides is 1. The molecule has 2 heterocycles. The standard InChI is InChI=1S/C18H25N7O3/c1-3-28-18(26)25-10-8-24(9-11-25)12-15-21-16(19)23-17(22-15)20-13-6-4-5-7-14(13)27-2/h4-7H,3,8-12H2,1-2H3,(H3,19,20,21,22,23). The zero-order chi connectivity index (χ0) is 19.9. The van der Waals surface area contributed by atoms with Gasteiger partial charge in [-0.05, 0) is 19.1 Å². The summed E-state index contributed by atoms with van der Waals surface area (Å²) in [6, 6.07) is 7.48. The highest BCUT2D eigenvalue weighted by atomic mass is 16.6. The highest BCUT2D eigenvalue weighted by Gasteiger charge is 2.22. The van der Waals surface area contributed by atoms with Crippen molar-refractivity contribution >= 4 is 23.7 Å². The van der Waals surface area contributed by atoms with Gasteiger partial charge in [-0.1, -0.05) is 12.1 Å². The minimum Gasteiger partial charge on any atom is -0.495 e. The van der Waals surface area contributed by atoms with Crippen molar-refractivity contribution in [1.82, 2.24) is 24.8 Å². The van der Waals surface area contributed by atoms with Crippen molar-refractivity contribution in [2.24, 2.45) is 0 Å². The fourth-order valence-electron chi connectivity index (χ4n) is 2.94. The number of piperazine rings is 1. The van der Waals surface area contributed by atoms with Crippen LogP contribution in [0.25, 0.3) is 0 Å². The highest BCUT2D eigenvalue weighted by molar-refractivity contribution is 5.67. The second kappa shape index (κ2) is 9.18. The minimum atomic E-state index is -0.269. The van der Waals surface area contributed by atoms with Gasteiger partial charge in [0, 0.05) is 26.2 Å². The number of rotatable bonds is 6. The first kappa shape index (κ1) is 19.6. The zero-order valence-electron chi connectivity index (χ0n) is 16.1. The molecule has 1 saturated heterocycles. The Morgan fingerprint density at radius 1 is 1.18 bits per heavy atom. The number of benzene rings is 1. The molecule has 1 fully saturated rings. The average Bonchev–Trinajstić information content (AvgIpc) is 2.69. The van der Waals surface area contributed by atoms with Crippen molar-refractivity contribution < 1.29 is 14.3 Å². The maximum absolute atomic E-state index is 11.8. The maximum atomic E-state index is 11.8. The van der Waals surface area contributed by atoms with Gasteiger partial charge in [-0.15, -0.1) is 0 Å². The van der Waals surface area contributed by atoms with E-state index < -0.39 is 0 Å². The maximum Gasteiger partial charge on any atom is 0.409 e. The molecule has 3 N–H and O–H groups in total. The number of nitrogens with one attached hydrogen (secondary N) is 1. The van der Waals surface area contributed by atoms with E-state index in [1.54, 1.807) is 18.9 Å². The predicted molar refractivity (Wildman–Crippen MR) is 104 cm³/mol. The molecule has 1 aliphatic heterocycles. The molecule has 0 unspecified atom stereocenters. The van der Waals surface area contributed by atoms with Crippen LogP contribution in [0, 0.1) is 0 Å². The van der Waals surface area contributed by atoms with Crippen LogP contribution in [-0.2, 0) is 11.3 Å². The first-order chi connectivity index (χ1) is 13.6. The third kappa shape index (κ3) is 4.97. The van der Waals surface area contributed by atoms with E-state index in [2.05, 4.69) is 25.2 Å². The molecule has 10 nitrogen and oxygen atoms in total. The first-order valence-corrected chi connectivity index (χ1v) is 9.13. The van der Waals surface area contributed by atoms with Gasteiger partial charge < -0.3 is 25.4 Å². The van der Waals surface area contributed by atoms with Gasteiger partial charge in [0.25, 0.3) is 0 Å². The topological polar surface area (TPSA) is 119 Å². The van der Waals surface area contributed by atoms with Crippen LogP contribution < -0.4 is 15.8 Å². The number of anilines is 3. The molecule has 2 aromatic rings. The van der Waals surface area contributed by atoms with Gasteiger partial charge in [0.2, 0.25) is 11.9 Å². The zero-order valence-corrected chi connectivity index (χ0v) is 16.1. The van der Waals surface area contributed by atoms with Gasteiger partial charge in [-0.2, -0.15) is 15.0 Å². The molecule has 1 amide bonds. The van der Waals surface area contributed by atoms with Crippen LogP contribution >= 0.6 is 0 Å². The molecule has 150 valence electrons. The number of carbonyl (C=O) groups excluding carboxylic acids is 1. The summed E-state index contributed by atoms with van der Waals surface area (Å²) in [4.78, 5) is 28.5. The van der Waals surface area contributed by atoms with Crippen LogP contribution in [-0.4, -0.2) is 70.7 Å². The van der Waals surface area contributed by atoms with Crippen molar-refractivity contribution in [2.45, 2.75) is 13.5 Å². The van der Waals surface area contributed by atoms with E-state index >= 15 is 0 Å². The number of carbonyl (C=O) groups is 1. The molecule has 0 bridgehead atoms. The monoisotopic (exact) mass is 387 g/mol. The Morgan fingerprint density at radius 2 is 1.93 bits per heavy atom. The van der Waals surface area contributed by atoms with E-state index in [0.717, 1.165) is 5.69 Å². The fraction of sp³-hybridized carbons (Fsp3) is 0.444. The molecule has 3 rings (SSSR count). The van der Waals surface area contributed by atoms with E-state index in [9.17, 15) is 4.79 Å². The van der Waals surface area contributed by atoms with E-state index in [4.69, 9.17) is 15.2 Å². The van der Waals surface area contributed by atoms with E-state index in [1.165, 1.54) is 0 Å². The van der Waals surface area contributed by atoms with Crippen molar-refractivity contribution in [2.75, 3.05) is 50.9 Å². The number of aromatic nitrogens is 3. The predicted octanol–water partition coefficient (Wildman–Crippen LogP) is 1.48. The van der Waals surface area contributed by atoms with Crippen LogP contribution in [0.4, 0.5) is 22.4 Å². The van der Waals surface area contributed by atoms with Gasteiger partial charge in [-0.3, -0.25) is 4.90 Å². The second-order valence-corrected chi connectivity index (χ2v) is 6.22. The Morgan fingerprint density at radius 3 is 2.64 bits per heavy atom. The molecule has 1 aromatic heterocycles. The van der Waals surface area contributed by atoms with Crippen molar-refractivity contribution in [3.63, 3.8) is 0 Å². The summed E-state index contributed by atoms with van der Waals surface area (Å²) in [7, 11) is 1.60. The van der Waals surface area contributed by atoms with Crippen LogP contribution in [0.2, 0.25) is 0 Å². The summed E-state index contributed by atoms with van der Waals surface area (Å²) < 4.78 is 10.4. The first-order valence-electron chi connectivity index (χ1n) is 9.13. The normalized spacial score (nSPS) is 14.6. The molecule has 28 heavy (non-hydrogen) atoms. The number of nitrogens with two attached hydrogens (primary N) is 1. The lowest BCUT2D eigenvalue weighted by Gasteiger charge is -2.33. The lowest BCUT2D eigenvalue weighted by atomic mass is 10.3. The van der Waals surface area contributed by atoms with Gasteiger partial charge in [0.05, 0.1) is 25.9 Å².